The Morgan fingerprint density at radius 3 is 2.90 bits per heavy atom. The van der Waals surface area contributed by atoms with Gasteiger partial charge >= 0.3 is 5.69 Å². The molecule has 2 aromatic rings. The minimum absolute atomic E-state index is 0.119. The Morgan fingerprint density at radius 1 is 1.57 bits per heavy atom. The molecule has 0 saturated carbocycles. The summed E-state index contributed by atoms with van der Waals surface area (Å²) in [5.74, 6) is 0.462. The van der Waals surface area contributed by atoms with Crippen molar-refractivity contribution in [1.29, 1.82) is 0 Å². The topological polar surface area (TPSA) is 92.9 Å². The lowest BCUT2D eigenvalue weighted by Gasteiger charge is -2.07. The molecule has 2 N–H and O–H groups in total. The SMILES string of the molecule is C=CCn1c(SC[C@H](O)CCl)nc2c1c(=O)[nH]c(=O)n2C. The molecule has 0 aliphatic heterocycles. The molecule has 0 bridgehead atoms. The highest BCUT2D eigenvalue weighted by atomic mass is 35.5. The van der Waals surface area contributed by atoms with Gasteiger partial charge in [-0.2, -0.15) is 0 Å². The van der Waals surface area contributed by atoms with E-state index in [1.165, 1.54) is 23.4 Å². The number of aliphatic hydroxyl groups is 1. The molecular weight excluding hydrogens is 316 g/mol. The fourth-order valence-corrected chi connectivity index (χ4v) is 3.01. The van der Waals surface area contributed by atoms with Gasteiger partial charge in [-0.15, -0.1) is 18.2 Å². The van der Waals surface area contributed by atoms with Crippen LogP contribution in [-0.4, -0.2) is 41.9 Å². The average Bonchev–Trinajstić information content (AvgIpc) is 2.82. The summed E-state index contributed by atoms with van der Waals surface area (Å²) < 4.78 is 2.94. The minimum Gasteiger partial charge on any atom is -0.391 e. The van der Waals surface area contributed by atoms with Crippen LogP contribution in [0.4, 0.5) is 0 Å². The lowest BCUT2D eigenvalue weighted by Crippen LogP contribution is -2.29. The number of aromatic amines is 1. The quantitative estimate of drug-likeness (QED) is 0.451. The number of fused-ring (bicyclic) bond motifs is 1. The van der Waals surface area contributed by atoms with Crippen LogP contribution >= 0.6 is 23.4 Å². The summed E-state index contributed by atoms with van der Waals surface area (Å²) in [6.45, 7) is 4.03. The predicted octanol–water partition coefficient (Wildman–Crippen LogP) is 0.301. The number of aromatic nitrogens is 4. The van der Waals surface area contributed by atoms with Crippen LogP contribution in [0.25, 0.3) is 11.2 Å². The molecule has 0 fully saturated rings. The first kappa shape index (κ1) is 15.9. The van der Waals surface area contributed by atoms with Gasteiger partial charge < -0.3 is 9.67 Å². The molecule has 0 saturated heterocycles. The Hall–Kier alpha value is -1.51. The third-order valence-corrected chi connectivity index (χ3v) is 4.34. The molecule has 0 amide bonds. The minimum atomic E-state index is -0.671. The molecule has 9 heteroatoms. The summed E-state index contributed by atoms with van der Waals surface area (Å²) in [6.07, 6.45) is 0.962. The molecule has 0 unspecified atom stereocenters. The third-order valence-electron chi connectivity index (χ3n) is 2.87. The molecule has 2 rings (SSSR count). The summed E-state index contributed by atoms with van der Waals surface area (Å²) in [4.78, 5) is 30.2. The van der Waals surface area contributed by atoms with Gasteiger partial charge in [0, 0.05) is 25.2 Å². The maximum atomic E-state index is 12.0. The zero-order valence-corrected chi connectivity index (χ0v) is 12.9. The Kier molecular flexibility index (Phi) is 4.92. The highest BCUT2D eigenvalue weighted by Gasteiger charge is 2.17. The molecule has 1 atom stereocenters. The normalized spacial score (nSPS) is 12.7. The van der Waals surface area contributed by atoms with Gasteiger partial charge in [0.1, 0.15) is 0 Å². The Balaban J connectivity index is 2.59. The maximum Gasteiger partial charge on any atom is 0.329 e. The van der Waals surface area contributed by atoms with E-state index in [9.17, 15) is 14.7 Å². The van der Waals surface area contributed by atoms with Crippen molar-refractivity contribution in [3.8, 4) is 0 Å². The van der Waals surface area contributed by atoms with E-state index in [4.69, 9.17) is 11.6 Å². The molecule has 21 heavy (non-hydrogen) atoms. The van der Waals surface area contributed by atoms with Crippen molar-refractivity contribution in [3.05, 3.63) is 33.5 Å². The number of thioether (sulfide) groups is 1. The smallest absolute Gasteiger partial charge is 0.329 e. The summed E-state index contributed by atoms with van der Waals surface area (Å²) in [7, 11) is 1.54. The predicted molar refractivity (Wildman–Crippen MR) is 83.2 cm³/mol. The van der Waals surface area contributed by atoms with Crippen molar-refractivity contribution in [2.75, 3.05) is 11.6 Å². The molecule has 114 valence electrons. The number of halogens is 1. The molecule has 0 radical (unpaired) electrons. The highest BCUT2D eigenvalue weighted by molar-refractivity contribution is 7.99. The number of imidazole rings is 1. The summed E-state index contributed by atoms with van der Waals surface area (Å²) in [5.41, 5.74) is -0.409. The molecule has 2 aromatic heterocycles. The zero-order chi connectivity index (χ0) is 15.6. The van der Waals surface area contributed by atoms with Gasteiger partial charge in [0.15, 0.2) is 16.3 Å². The van der Waals surface area contributed by atoms with E-state index < -0.39 is 17.4 Å². The van der Waals surface area contributed by atoms with Crippen LogP contribution in [0.2, 0.25) is 0 Å². The molecule has 0 spiro atoms. The number of aliphatic hydroxyl groups excluding tert-OH is 1. The van der Waals surface area contributed by atoms with Crippen molar-refractivity contribution in [1.82, 2.24) is 19.1 Å². The first-order valence-corrected chi connectivity index (χ1v) is 7.68. The van der Waals surface area contributed by atoms with Gasteiger partial charge in [-0.25, -0.2) is 9.78 Å². The Bertz CT molecular complexity index is 779. The van der Waals surface area contributed by atoms with Gasteiger partial charge in [0.25, 0.3) is 5.56 Å². The van der Waals surface area contributed by atoms with Crippen molar-refractivity contribution < 1.29 is 5.11 Å². The summed E-state index contributed by atoms with van der Waals surface area (Å²) in [5, 5.41) is 10.1. The van der Waals surface area contributed by atoms with E-state index in [0.29, 0.717) is 28.6 Å². The van der Waals surface area contributed by atoms with Crippen molar-refractivity contribution in [2.24, 2.45) is 7.05 Å². The second-order valence-electron chi connectivity index (χ2n) is 4.40. The monoisotopic (exact) mass is 330 g/mol. The van der Waals surface area contributed by atoms with Crippen molar-refractivity contribution in [3.63, 3.8) is 0 Å². The van der Waals surface area contributed by atoms with E-state index in [1.807, 2.05) is 0 Å². The van der Waals surface area contributed by atoms with Gasteiger partial charge in [-0.3, -0.25) is 14.3 Å². The van der Waals surface area contributed by atoms with E-state index in [2.05, 4.69) is 16.5 Å². The standard InChI is InChI=1S/C12H15ClN4O3S/c1-3-4-17-8-9(16(2)11(20)15-10(8)19)14-12(17)21-6-7(18)5-13/h3,7,18H,1,4-6H2,2H3,(H,15,19,20)/t7-/m1/s1. The van der Waals surface area contributed by atoms with E-state index in [-0.39, 0.29) is 5.88 Å². The molecular formula is C12H15ClN4O3S. The number of rotatable bonds is 6. The van der Waals surface area contributed by atoms with E-state index >= 15 is 0 Å². The van der Waals surface area contributed by atoms with Gasteiger partial charge in [0.2, 0.25) is 0 Å². The van der Waals surface area contributed by atoms with Crippen LogP contribution in [0.5, 0.6) is 0 Å². The number of hydrogen-bond donors (Lipinski definition) is 2. The average molecular weight is 331 g/mol. The first-order valence-electron chi connectivity index (χ1n) is 6.16. The third kappa shape index (κ3) is 3.07. The van der Waals surface area contributed by atoms with Crippen molar-refractivity contribution in [2.45, 2.75) is 17.8 Å². The molecule has 0 aliphatic rings. The number of nitrogens with zero attached hydrogens (tertiary/aromatic N) is 3. The number of alkyl halides is 1. The number of hydrogen-bond acceptors (Lipinski definition) is 5. The second-order valence-corrected chi connectivity index (χ2v) is 5.70. The van der Waals surface area contributed by atoms with Crippen LogP contribution in [0.15, 0.2) is 27.4 Å². The lowest BCUT2D eigenvalue weighted by molar-refractivity contribution is 0.223. The van der Waals surface area contributed by atoms with Gasteiger partial charge in [0.05, 0.1) is 6.10 Å². The zero-order valence-electron chi connectivity index (χ0n) is 11.4. The van der Waals surface area contributed by atoms with Gasteiger partial charge in [-0.1, -0.05) is 17.8 Å². The number of aryl methyl sites for hydroxylation is 1. The molecule has 0 aromatic carbocycles. The largest absolute Gasteiger partial charge is 0.391 e. The highest BCUT2D eigenvalue weighted by Crippen LogP contribution is 2.22. The van der Waals surface area contributed by atoms with E-state index in [1.54, 1.807) is 10.6 Å². The van der Waals surface area contributed by atoms with Crippen LogP contribution in [0.3, 0.4) is 0 Å². The number of nitrogens with one attached hydrogen (secondary N) is 1. The summed E-state index contributed by atoms with van der Waals surface area (Å²) in [6, 6.07) is 0. The first-order chi connectivity index (χ1) is 9.99. The summed E-state index contributed by atoms with van der Waals surface area (Å²) >= 11 is 6.83. The maximum absolute atomic E-state index is 12.0. The fraction of sp³-hybridized carbons (Fsp3) is 0.417. The number of H-pyrrole nitrogens is 1. The van der Waals surface area contributed by atoms with Gasteiger partial charge in [-0.05, 0) is 0 Å². The fourth-order valence-electron chi connectivity index (χ4n) is 1.84. The Morgan fingerprint density at radius 2 is 2.29 bits per heavy atom. The van der Waals surface area contributed by atoms with Crippen LogP contribution < -0.4 is 11.2 Å². The van der Waals surface area contributed by atoms with Crippen molar-refractivity contribution >= 4 is 34.5 Å². The molecule has 7 nitrogen and oxygen atoms in total. The second kappa shape index (κ2) is 6.50. The molecule has 0 aliphatic carbocycles. The molecule has 2 heterocycles. The van der Waals surface area contributed by atoms with E-state index in [0.717, 1.165) is 0 Å². The Labute approximate surface area is 129 Å². The van der Waals surface area contributed by atoms with Crippen LogP contribution in [0, 0.1) is 0 Å². The lowest BCUT2D eigenvalue weighted by atomic mass is 10.5. The number of allylic oxidation sites excluding steroid dienone is 1. The van der Waals surface area contributed by atoms with Crippen LogP contribution in [0.1, 0.15) is 0 Å². The van der Waals surface area contributed by atoms with Crippen LogP contribution in [-0.2, 0) is 13.6 Å².